The maximum Gasteiger partial charge on any atom is 0.229 e. The molecule has 0 spiro atoms. The van der Waals surface area contributed by atoms with Crippen LogP contribution in [0, 0.1) is 62.6 Å². The zero-order valence-corrected chi connectivity index (χ0v) is 9.89. The summed E-state index contributed by atoms with van der Waals surface area (Å²) in [7, 11) is 0. The van der Waals surface area contributed by atoms with E-state index in [1.54, 1.807) is 18.2 Å². The lowest BCUT2D eigenvalue weighted by Gasteiger charge is -2.26. The summed E-state index contributed by atoms with van der Waals surface area (Å²) in [5, 5.41) is 35.8. The number of Topliss-reactive ketones (excluding diaryl/α,β-unsaturated/α-hetero) is 1. The van der Waals surface area contributed by atoms with E-state index in [9.17, 15) is 4.79 Å². The van der Waals surface area contributed by atoms with Gasteiger partial charge in [0.15, 0.2) is 0 Å². The van der Waals surface area contributed by atoms with Crippen molar-refractivity contribution in [2.24, 2.45) is 17.3 Å². The number of ketones is 1. The highest BCUT2D eigenvalue weighted by molar-refractivity contribution is 5.82. The Hall–Kier alpha value is -2.37. The van der Waals surface area contributed by atoms with Crippen molar-refractivity contribution in [3.8, 4) is 24.3 Å². The Morgan fingerprint density at radius 3 is 2.22 bits per heavy atom. The molecule has 90 valence electrons. The monoisotopic (exact) mass is 240 g/mol. The zero-order chi connectivity index (χ0) is 13.6. The van der Waals surface area contributed by atoms with Crippen molar-refractivity contribution in [1.82, 2.24) is 0 Å². The number of hydrogen-bond acceptors (Lipinski definition) is 5. The molecule has 18 heavy (non-hydrogen) atoms. The molecule has 0 aromatic heterocycles. The molecule has 2 atom stereocenters. The van der Waals surface area contributed by atoms with Gasteiger partial charge in [-0.2, -0.15) is 21.0 Å². The van der Waals surface area contributed by atoms with Crippen LogP contribution in [0.25, 0.3) is 0 Å². The number of carbonyl (C=O) groups excluding carboxylic acids is 1. The molecular formula is C13H12N4O. The number of hydrogen-bond donors (Lipinski definition) is 0. The van der Waals surface area contributed by atoms with Crippen LogP contribution < -0.4 is 0 Å². The van der Waals surface area contributed by atoms with E-state index >= 15 is 0 Å². The molecule has 1 fully saturated rings. The van der Waals surface area contributed by atoms with Crippen LogP contribution in [0.3, 0.4) is 0 Å². The highest BCUT2D eigenvalue weighted by Gasteiger charge is 2.39. The van der Waals surface area contributed by atoms with Crippen LogP contribution in [-0.2, 0) is 4.79 Å². The Morgan fingerprint density at radius 1 is 1.17 bits per heavy atom. The maximum atomic E-state index is 11.7. The molecule has 5 nitrogen and oxygen atoms in total. The van der Waals surface area contributed by atoms with Gasteiger partial charge in [0.05, 0.1) is 12.0 Å². The number of rotatable bonds is 3. The minimum atomic E-state index is -1.82. The van der Waals surface area contributed by atoms with Crippen molar-refractivity contribution in [2.75, 3.05) is 0 Å². The zero-order valence-electron chi connectivity index (χ0n) is 9.89. The number of nitrogens with zero attached hydrogens (tertiary/aromatic N) is 4. The van der Waals surface area contributed by atoms with Gasteiger partial charge >= 0.3 is 0 Å². The van der Waals surface area contributed by atoms with Gasteiger partial charge in [0.2, 0.25) is 5.41 Å². The van der Waals surface area contributed by atoms with Crippen molar-refractivity contribution >= 4 is 5.78 Å². The van der Waals surface area contributed by atoms with E-state index in [1.807, 2.05) is 6.07 Å². The molecule has 0 aromatic carbocycles. The highest BCUT2D eigenvalue weighted by atomic mass is 16.1. The molecule has 1 saturated carbocycles. The van der Waals surface area contributed by atoms with Crippen molar-refractivity contribution < 1.29 is 4.79 Å². The van der Waals surface area contributed by atoms with Crippen molar-refractivity contribution in [1.29, 1.82) is 21.0 Å². The van der Waals surface area contributed by atoms with E-state index in [0.29, 0.717) is 12.8 Å². The lowest BCUT2D eigenvalue weighted by atomic mass is 9.72. The fourth-order valence-corrected chi connectivity index (χ4v) is 2.26. The summed E-state index contributed by atoms with van der Waals surface area (Å²) in [5.74, 6) is -1.15. The van der Waals surface area contributed by atoms with Gasteiger partial charge in [-0.3, -0.25) is 4.79 Å². The Bertz CT molecular complexity index is 461. The average molecular weight is 240 g/mol. The summed E-state index contributed by atoms with van der Waals surface area (Å²) in [6, 6.07) is 6.93. The summed E-state index contributed by atoms with van der Waals surface area (Å²) in [6.07, 6.45) is 2.57. The van der Waals surface area contributed by atoms with Crippen molar-refractivity contribution in [3.63, 3.8) is 0 Å². The Balaban J connectivity index is 2.90. The topological polar surface area (TPSA) is 112 Å². The lowest BCUT2D eigenvalue weighted by Crippen LogP contribution is -2.30. The van der Waals surface area contributed by atoms with Crippen LogP contribution in [-0.4, -0.2) is 5.78 Å². The summed E-state index contributed by atoms with van der Waals surface area (Å²) in [4.78, 5) is 11.7. The second-order valence-electron chi connectivity index (χ2n) is 4.50. The van der Waals surface area contributed by atoms with Crippen molar-refractivity contribution in [2.45, 2.75) is 32.1 Å². The summed E-state index contributed by atoms with van der Waals surface area (Å²) in [5.41, 5.74) is -1.82. The Labute approximate surface area is 106 Å². The fraction of sp³-hybridized carbons (Fsp3) is 0.615. The fourth-order valence-electron chi connectivity index (χ4n) is 2.26. The molecule has 5 heteroatoms. The van der Waals surface area contributed by atoms with Crippen LogP contribution in [0.2, 0.25) is 0 Å². The average Bonchev–Trinajstić information content (AvgIpc) is 2.42. The van der Waals surface area contributed by atoms with E-state index in [-0.39, 0.29) is 12.2 Å². The van der Waals surface area contributed by atoms with Gasteiger partial charge in [0, 0.05) is 18.8 Å². The van der Waals surface area contributed by atoms with Crippen LogP contribution in [0.1, 0.15) is 32.1 Å². The van der Waals surface area contributed by atoms with E-state index in [2.05, 4.69) is 0 Å². The van der Waals surface area contributed by atoms with Gasteiger partial charge in [-0.25, -0.2) is 0 Å². The van der Waals surface area contributed by atoms with Gasteiger partial charge in [0.25, 0.3) is 0 Å². The Kier molecular flexibility index (Phi) is 4.42. The van der Waals surface area contributed by atoms with Crippen LogP contribution >= 0.6 is 0 Å². The van der Waals surface area contributed by atoms with Crippen LogP contribution in [0.15, 0.2) is 0 Å². The minimum absolute atomic E-state index is 0.00974. The summed E-state index contributed by atoms with van der Waals surface area (Å²) >= 11 is 0. The first-order valence-electron chi connectivity index (χ1n) is 5.78. The third kappa shape index (κ3) is 2.65. The molecule has 0 N–H and O–H groups in total. The van der Waals surface area contributed by atoms with Crippen molar-refractivity contribution in [3.05, 3.63) is 0 Å². The first kappa shape index (κ1) is 13.7. The number of nitriles is 4. The molecule has 0 radical (unpaired) electrons. The smallest absolute Gasteiger partial charge is 0.229 e. The Morgan fingerprint density at radius 2 is 1.78 bits per heavy atom. The quantitative estimate of drug-likeness (QED) is 0.746. The van der Waals surface area contributed by atoms with Crippen LogP contribution in [0.4, 0.5) is 0 Å². The molecule has 0 bridgehead atoms. The molecule has 1 aliphatic carbocycles. The van der Waals surface area contributed by atoms with E-state index < -0.39 is 17.3 Å². The molecule has 0 aliphatic heterocycles. The van der Waals surface area contributed by atoms with Gasteiger partial charge < -0.3 is 0 Å². The van der Waals surface area contributed by atoms with E-state index in [0.717, 1.165) is 12.8 Å². The molecule has 1 rings (SSSR count). The minimum Gasteiger partial charge on any atom is -0.299 e. The predicted molar refractivity (Wildman–Crippen MR) is 60.0 cm³/mol. The van der Waals surface area contributed by atoms with Gasteiger partial charge in [-0.15, -0.1) is 0 Å². The second-order valence-corrected chi connectivity index (χ2v) is 4.50. The SMILES string of the molecule is N#CC(CC(C#N)(C#N)C#N)C1CCCCC1=O. The molecule has 0 amide bonds. The summed E-state index contributed by atoms with van der Waals surface area (Å²) in [6.45, 7) is 0. The molecule has 0 saturated heterocycles. The highest BCUT2D eigenvalue weighted by Crippen LogP contribution is 2.34. The third-order valence-corrected chi connectivity index (χ3v) is 3.35. The van der Waals surface area contributed by atoms with E-state index in [4.69, 9.17) is 21.0 Å². The van der Waals surface area contributed by atoms with Gasteiger partial charge in [0.1, 0.15) is 24.0 Å². The molecule has 1 aliphatic rings. The molecule has 0 heterocycles. The summed E-state index contributed by atoms with van der Waals surface area (Å²) < 4.78 is 0. The predicted octanol–water partition coefficient (Wildman–Crippen LogP) is 1.83. The molecule has 0 aromatic rings. The first-order valence-corrected chi connectivity index (χ1v) is 5.78. The third-order valence-electron chi connectivity index (χ3n) is 3.35. The van der Waals surface area contributed by atoms with Crippen LogP contribution in [0.5, 0.6) is 0 Å². The normalized spacial score (nSPS) is 20.9. The molecular weight excluding hydrogens is 228 g/mol. The lowest BCUT2D eigenvalue weighted by molar-refractivity contribution is -0.125. The van der Waals surface area contributed by atoms with Gasteiger partial charge in [-0.1, -0.05) is 6.42 Å². The largest absolute Gasteiger partial charge is 0.299 e. The van der Waals surface area contributed by atoms with E-state index in [1.165, 1.54) is 0 Å². The number of carbonyl (C=O) groups is 1. The second kappa shape index (κ2) is 5.81. The standard InChI is InChI=1S/C13H12N4O/c14-6-10(5-13(7-15,8-16)9-17)11-3-1-2-4-12(11)18/h10-11H,1-5H2. The first-order chi connectivity index (χ1) is 8.62. The van der Waals surface area contributed by atoms with Gasteiger partial charge in [-0.05, 0) is 12.8 Å². The maximum absolute atomic E-state index is 11.7. The molecule has 2 unspecified atom stereocenters.